The quantitative estimate of drug-likeness (QED) is 0.748. The van der Waals surface area contributed by atoms with Crippen molar-refractivity contribution in [1.82, 2.24) is 19.6 Å². The van der Waals surface area contributed by atoms with Gasteiger partial charge in [0.15, 0.2) is 5.82 Å². The summed E-state index contributed by atoms with van der Waals surface area (Å²) in [4.78, 5) is 0. The third-order valence-corrected chi connectivity index (χ3v) is 2.07. The predicted octanol–water partition coefficient (Wildman–Crippen LogP) is 0.107. The van der Waals surface area contributed by atoms with Gasteiger partial charge in [0.05, 0.1) is 11.9 Å². The van der Waals surface area contributed by atoms with Gasteiger partial charge in [0.1, 0.15) is 0 Å². The number of hydrogen-bond acceptors (Lipinski definition) is 3. The molecule has 0 bridgehead atoms. The van der Waals surface area contributed by atoms with Crippen molar-refractivity contribution in [3.8, 4) is 5.82 Å². The van der Waals surface area contributed by atoms with E-state index in [1.807, 2.05) is 25.4 Å². The molecule has 0 amide bonds. The second kappa shape index (κ2) is 3.63. The smallest absolute Gasteiger partial charge is 0.151 e. The zero-order chi connectivity index (χ0) is 9.97. The first-order valence-electron chi connectivity index (χ1n) is 4.54. The Hall–Kier alpha value is -1.62. The molecule has 2 rings (SSSR count). The minimum absolute atomic E-state index is 0.627. The standard InChI is InChI=1S/C9H13N5/c1-13-9(3-6-11-13)14-7-4-8(12-14)2-5-10/h3-4,6-7H,2,5,10H2,1H3. The minimum atomic E-state index is 0.627. The van der Waals surface area contributed by atoms with Crippen LogP contribution in [0.25, 0.3) is 5.82 Å². The van der Waals surface area contributed by atoms with Crippen LogP contribution in [-0.2, 0) is 13.5 Å². The molecule has 14 heavy (non-hydrogen) atoms. The van der Waals surface area contributed by atoms with Crippen molar-refractivity contribution >= 4 is 0 Å². The molecule has 0 fully saturated rings. The molecule has 0 aliphatic carbocycles. The lowest BCUT2D eigenvalue weighted by Gasteiger charge is -2.00. The average Bonchev–Trinajstić information content (AvgIpc) is 2.74. The molecule has 5 nitrogen and oxygen atoms in total. The Kier molecular flexibility index (Phi) is 2.32. The molecular weight excluding hydrogens is 178 g/mol. The maximum Gasteiger partial charge on any atom is 0.151 e. The van der Waals surface area contributed by atoms with Gasteiger partial charge in [-0.2, -0.15) is 10.2 Å². The highest BCUT2D eigenvalue weighted by molar-refractivity contribution is 5.20. The molecule has 0 spiro atoms. The summed E-state index contributed by atoms with van der Waals surface area (Å²) >= 11 is 0. The lowest BCUT2D eigenvalue weighted by molar-refractivity contribution is 0.691. The Morgan fingerprint density at radius 3 is 2.93 bits per heavy atom. The summed E-state index contributed by atoms with van der Waals surface area (Å²) in [6.07, 6.45) is 4.48. The zero-order valence-electron chi connectivity index (χ0n) is 8.09. The lowest BCUT2D eigenvalue weighted by atomic mass is 10.3. The monoisotopic (exact) mass is 191 g/mol. The fraction of sp³-hybridized carbons (Fsp3) is 0.333. The summed E-state index contributed by atoms with van der Waals surface area (Å²) in [7, 11) is 1.89. The molecule has 0 aliphatic heterocycles. The van der Waals surface area contributed by atoms with E-state index in [0.29, 0.717) is 6.54 Å². The Morgan fingerprint density at radius 2 is 2.29 bits per heavy atom. The third kappa shape index (κ3) is 1.54. The van der Waals surface area contributed by atoms with Crippen LogP contribution >= 0.6 is 0 Å². The van der Waals surface area contributed by atoms with Gasteiger partial charge in [0.25, 0.3) is 0 Å². The van der Waals surface area contributed by atoms with E-state index in [1.54, 1.807) is 15.6 Å². The van der Waals surface area contributed by atoms with Crippen molar-refractivity contribution in [3.05, 3.63) is 30.2 Å². The lowest BCUT2D eigenvalue weighted by Crippen LogP contribution is -2.06. The normalized spacial score (nSPS) is 10.7. The van der Waals surface area contributed by atoms with Crippen molar-refractivity contribution in [3.63, 3.8) is 0 Å². The van der Waals surface area contributed by atoms with Gasteiger partial charge in [-0.3, -0.25) is 4.68 Å². The first-order valence-corrected chi connectivity index (χ1v) is 4.54. The Bertz CT molecular complexity index is 414. The summed E-state index contributed by atoms with van der Waals surface area (Å²) < 4.78 is 3.58. The highest BCUT2D eigenvalue weighted by atomic mass is 15.4. The van der Waals surface area contributed by atoms with Crippen molar-refractivity contribution in [2.24, 2.45) is 12.8 Å². The number of nitrogens with zero attached hydrogens (tertiary/aromatic N) is 4. The maximum absolute atomic E-state index is 5.45. The maximum atomic E-state index is 5.45. The van der Waals surface area contributed by atoms with E-state index in [1.165, 1.54) is 0 Å². The first kappa shape index (κ1) is 8.96. The SMILES string of the molecule is Cn1nccc1-n1ccc(CCN)n1. The number of rotatable bonds is 3. The van der Waals surface area contributed by atoms with Gasteiger partial charge < -0.3 is 5.73 Å². The van der Waals surface area contributed by atoms with E-state index in [9.17, 15) is 0 Å². The van der Waals surface area contributed by atoms with Gasteiger partial charge in [-0.1, -0.05) is 0 Å². The van der Waals surface area contributed by atoms with E-state index in [-0.39, 0.29) is 0 Å². The fourth-order valence-corrected chi connectivity index (χ4v) is 1.36. The molecule has 2 heterocycles. The molecule has 2 aromatic heterocycles. The zero-order valence-corrected chi connectivity index (χ0v) is 8.09. The van der Waals surface area contributed by atoms with Gasteiger partial charge in [-0.15, -0.1) is 0 Å². The second-order valence-corrected chi connectivity index (χ2v) is 3.10. The first-order chi connectivity index (χ1) is 6.81. The summed E-state index contributed by atoms with van der Waals surface area (Å²) in [6, 6.07) is 3.89. The molecule has 0 saturated carbocycles. The second-order valence-electron chi connectivity index (χ2n) is 3.10. The van der Waals surface area contributed by atoms with Gasteiger partial charge in [-0.25, -0.2) is 4.68 Å². The van der Waals surface area contributed by atoms with Gasteiger partial charge in [0, 0.05) is 25.7 Å². The van der Waals surface area contributed by atoms with E-state index in [2.05, 4.69) is 10.2 Å². The number of nitrogens with two attached hydrogens (primary N) is 1. The van der Waals surface area contributed by atoms with Crippen LogP contribution in [0.5, 0.6) is 0 Å². The summed E-state index contributed by atoms with van der Waals surface area (Å²) in [6.45, 7) is 0.627. The van der Waals surface area contributed by atoms with Crippen LogP contribution in [0.4, 0.5) is 0 Å². The largest absolute Gasteiger partial charge is 0.330 e. The Balaban J connectivity index is 2.29. The van der Waals surface area contributed by atoms with Crippen LogP contribution in [0.1, 0.15) is 5.69 Å². The fourth-order valence-electron chi connectivity index (χ4n) is 1.36. The van der Waals surface area contributed by atoms with E-state index in [0.717, 1.165) is 17.9 Å². The van der Waals surface area contributed by atoms with Crippen molar-refractivity contribution in [2.75, 3.05) is 6.54 Å². The van der Waals surface area contributed by atoms with E-state index < -0.39 is 0 Å². The van der Waals surface area contributed by atoms with Crippen molar-refractivity contribution in [2.45, 2.75) is 6.42 Å². The summed E-state index contributed by atoms with van der Waals surface area (Å²) in [5.74, 6) is 0.952. The number of hydrogen-bond donors (Lipinski definition) is 1. The molecule has 74 valence electrons. The topological polar surface area (TPSA) is 61.7 Å². The highest BCUT2D eigenvalue weighted by Crippen LogP contribution is 2.05. The highest BCUT2D eigenvalue weighted by Gasteiger charge is 2.03. The predicted molar refractivity (Wildman–Crippen MR) is 53.1 cm³/mol. The summed E-state index contributed by atoms with van der Waals surface area (Å²) in [5, 5.41) is 8.46. The number of aryl methyl sites for hydroxylation is 1. The number of aromatic nitrogens is 4. The summed E-state index contributed by atoms with van der Waals surface area (Å²) in [5.41, 5.74) is 6.46. The van der Waals surface area contributed by atoms with Crippen LogP contribution in [0.15, 0.2) is 24.5 Å². The molecule has 0 aliphatic rings. The molecule has 2 aromatic rings. The van der Waals surface area contributed by atoms with Crippen LogP contribution in [0.2, 0.25) is 0 Å². The third-order valence-electron chi connectivity index (χ3n) is 2.07. The molecule has 0 unspecified atom stereocenters. The van der Waals surface area contributed by atoms with Crippen molar-refractivity contribution < 1.29 is 0 Å². The molecule has 0 saturated heterocycles. The van der Waals surface area contributed by atoms with Crippen LogP contribution in [-0.4, -0.2) is 26.1 Å². The molecule has 5 heteroatoms. The van der Waals surface area contributed by atoms with Crippen molar-refractivity contribution in [1.29, 1.82) is 0 Å². The van der Waals surface area contributed by atoms with E-state index in [4.69, 9.17) is 5.73 Å². The molecular formula is C9H13N5. The van der Waals surface area contributed by atoms with Gasteiger partial charge >= 0.3 is 0 Å². The minimum Gasteiger partial charge on any atom is -0.330 e. The molecule has 0 aromatic carbocycles. The van der Waals surface area contributed by atoms with Crippen LogP contribution in [0, 0.1) is 0 Å². The van der Waals surface area contributed by atoms with Crippen LogP contribution < -0.4 is 5.73 Å². The Labute approximate surface area is 82.1 Å². The van der Waals surface area contributed by atoms with E-state index >= 15 is 0 Å². The van der Waals surface area contributed by atoms with Gasteiger partial charge in [0.2, 0.25) is 0 Å². The van der Waals surface area contributed by atoms with Crippen LogP contribution in [0.3, 0.4) is 0 Å². The Morgan fingerprint density at radius 1 is 1.43 bits per heavy atom. The molecule has 2 N–H and O–H groups in total. The molecule has 0 radical (unpaired) electrons. The molecule has 0 atom stereocenters. The van der Waals surface area contributed by atoms with Gasteiger partial charge in [-0.05, 0) is 12.6 Å². The average molecular weight is 191 g/mol.